The summed E-state index contributed by atoms with van der Waals surface area (Å²) in [6.07, 6.45) is 3.20. The number of phenols is 4. The molecule has 0 unspecified atom stereocenters. The molecule has 5 N–H and O–H groups in total. The van der Waals surface area contributed by atoms with Crippen molar-refractivity contribution in [3.63, 3.8) is 0 Å². The van der Waals surface area contributed by atoms with E-state index in [0.717, 1.165) is 0 Å². The van der Waals surface area contributed by atoms with E-state index in [1.165, 1.54) is 35.4 Å². The highest BCUT2D eigenvalue weighted by molar-refractivity contribution is 6.33. The van der Waals surface area contributed by atoms with Gasteiger partial charge in [0, 0.05) is 12.6 Å². The molecule has 5 rings (SSSR count). The lowest BCUT2D eigenvalue weighted by Gasteiger charge is -2.43. The Hall–Kier alpha value is -4.76. The highest BCUT2D eigenvalue weighted by Gasteiger charge is 2.42. The van der Waals surface area contributed by atoms with Gasteiger partial charge in [0.2, 0.25) is 5.91 Å². The van der Waals surface area contributed by atoms with Gasteiger partial charge >= 0.3 is 0 Å². The first-order valence-corrected chi connectivity index (χ1v) is 12.4. The first-order valence-electron chi connectivity index (χ1n) is 12.1. The summed E-state index contributed by atoms with van der Waals surface area (Å²) in [6, 6.07) is 15.0. The second kappa shape index (κ2) is 10.5. The van der Waals surface area contributed by atoms with Crippen molar-refractivity contribution >= 4 is 29.1 Å². The van der Waals surface area contributed by atoms with Gasteiger partial charge in [0.05, 0.1) is 28.5 Å². The van der Waals surface area contributed by atoms with Crippen LogP contribution in [0.2, 0.25) is 5.02 Å². The van der Waals surface area contributed by atoms with Crippen LogP contribution in [-0.2, 0) is 17.6 Å². The van der Waals surface area contributed by atoms with Gasteiger partial charge in [-0.15, -0.1) is 0 Å². The molecule has 3 aromatic carbocycles. The molecular weight excluding hydrogens is 522 g/mol. The number of carbonyl (C=O) groups is 2. The topological polar surface area (TPSA) is 143 Å². The normalized spacial score (nSPS) is 16.4. The van der Waals surface area contributed by atoms with Crippen LogP contribution < -0.4 is 5.32 Å². The number of amides is 2. The molecule has 1 aliphatic rings. The van der Waals surface area contributed by atoms with Crippen LogP contribution in [0.4, 0.5) is 5.69 Å². The van der Waals surface area contributed by atoms with Gasteiger partial charge in [0.15, 0.2) is 23.0 Å². The summed E-state index contributed by atoms with van der Waals surface area (Å²) in [5.41, 5.74) is 2.26. The third-order valence-electron chi connectivity index (χ3n) is 6.72. The van der Waals surface area contributed by atoms with Gasteiger partial charge < -0.3 is 30.6 Å². The van der Waals surface area contributed by atoms with Crippen LogP contribution in [0, 0.1) is 0 Å². The maximum Gasteiger partial charge on any atom is 0.256 e. The quantitative estimate of drug-likeness (QED) is 0.231. The summed E-state index contributed by atoms with van der Waals surface area (Å²) in [5.74, 6) is -2.38. The van der Waals surface area contributed by atoms with Crippen molar-refractivity contribution in [1.29, 1.82) is 0 Å². The molecule has 2 amide bonds. The standard InChI is InChI=1S/C29H24ClN3O6/c30-21-6-2-1-5-19(21)29(39)33-22(10-16-7-8-24(34)25(35)11-16)20-14-27(37)26(36)13-17(20)12-23(33)28(38)32-18-4-3-9-31-15-18/h1-9,11,13-15,22-23,34-37H,10,12H2,(H,32,38)/t22-,23-/m0/s1. The molecule has 0 spiro atoms. The van der Waals surface area contributed by atoms with Gasteiger partial charge in [-0.3, -0.25) is 14.6 Å². The summed E-state index contributed by atoms with van der Waals surface area (Å²) in [5, 5.41) is 43.5. The highest BCUT2D eigenvalue weighted by atomic mass is 35.5. The zero-order valence-corrected chi connectivity index (χ0v) is 21.2. The predicted molar refractivity (Wildman–Crippen MR) is 144 cm³/mol. The molecule has 0 saturated heterocycles. The fourth-order valence-electron chi connectivity index (χ4n) is 4.86. The van der Waals surface area contributed by atoms with E-state index in [1.807, 2.05) is 0 Å². The van der Waals surface area contributed by atoms with Gasteiger partial charge in [-0.05, 0) is 71.6 Å². The molecule has 10 heteroatoms. The third-order valence-corrected chi connectivity index (χ3v) is 7.05. The summed E-state index contributed by atoms with van der Waals surface area (Å²) in [4.78, 5) is 33.3. The molecule has 1 aliphatic heterocycles. The molecule has 0 saturated carbocycles. The van der Waals surface area contributed by atoms with Crippen LogP contribution in [0.1, 0.15) is 33.1 Å². The second-order valence-corrected chi connectivity index (χ2v) is 9.63. The number of aromatic nitrogens is 1. The van der Waals surface area contributed by atoms with Crippen molar-refractivity contribution in [2.75, 3.05) is 5.32 Å². The number of pyridine rings is 1. The van der Waals surface area contributed by atoms with Gasteiger partial charge in [0.25, 0.3) is 5.91 Å². The summed E-state index contributed by atoms with van der Waals surface area (Å²) < 4.78 is 0. The zero-order valence-electron chi connectivity index (χ0n) is 20.5. The maximum atomic E-state index is 14.1. The van der Waals surface area contributed by atoms with E-state index in [-0.39, 0.29) is 46.4 Å². The number of benzene rings is 3. The van der Waals surface area contributed by atoms with Crippen molar-refractivity contribution in [3.05, 3.63) is 106 Å². The lowest BCUT2D eigenvalue weighted by Crippen LogP contribution is -2.53. The number of halogens is 1. The van der Waals surface area contributed by atoms with E-state index in [0.29, 0.717) is 22.4 Å². The lowest BCUT2D eigenvalue weighted by molar-refractivity contribution is -0.121. The van der Waals surface area contributed by atoms with Crippen LogP contribution >= 0.6 is 11.6 Å². The molecule has 0 fully saturated rings. The number of anilines is 1. The van der Waals surface area contributed by atoms with E-state index in [1.54, 1.807) is 48.7 Å². The number of hydrogen-bond donors (Lipinski definition) is 5. The van der Waals surface area contributed by atoms with E-state index < -0.39 is 23.9 Å². The average molecular weight is 546 g/mol. The Balaban J connectivity index is 1.66. The fourth-order valence-corrected chi connectivity index (χ4v) is 5.08. The van der Waals surface area contributed by atoms with Crippen molar-refractivity contribution in [2.24, 2.45) is 0 Å². The predicted octanol–water partition coefficient (Wildman–Crippen LogP) is 4.55. The number of phenolic OH excluding ortho intramolecular Hbond substituents is 4. The van der Waals surface area contributed by atoms with Gasteiger partial charge in [-0.1, -0.05) is 29.8 Å². The summed E-state index contributed by atoms with van der Waals surface area (Å²) in [6.45, 7) is 0. The summed E-state index contributed by atoms with van der Waals surface area (Å²) >= 11 is 6.40. The molecule has 1 aromatic heterocycles. The Kier molecular flexibility index (Phi) is 7.00. The van der Waals surface area contributed by atoms with Crippen LogP contribution in [-0.4, -0.2) is 48.2 Å². The Bertz CT molecular complexity index is 1560. The van der Waals surface area contributed by atoms with Gasteiger partial charge in [-0.25, -0.2) is 0 Å². The minimum atomic E-state index is -1.04. The number of nitrogens with one attached hydrogen (secondary N) is 1. The molecule has 2 atom stereocenters. The monoisotopic (exact) mass is 545 g/mol. The van der Waals surface area contributed by atoms with Crippen LogP contribution in [0.25, 0.3) is 0 Å². The molecule has 0 aliphatic carbocycles. The number of nitrogens with zero attached hydrogens (tertiary/aromatic N) is 2. The molecule has 39 heavy (non-hydrogen) atoms. The van der Waals surface area contributed by atoms with E-state index in [9.17, 15) is 30.0 Å². The van der Waals surface area contributed by atoms with Crippen molar-refractivity contribution in [1.82, 2.24) is 9.88 Å². The van der Waals surface area contributed by atoms with Crippen molar-refractivity contribution < 1.29 is 30.0 Å². The van der Waals surface area contributed by atoms with Crippen molar-refractivity contribution in [2.45, 2.75) is 24.9 Å². The third kappa shape index (κ3) is 5.17. The number of fused-ring (bicyclic) bond motifs is 1. The first kappa shape index (κ1) is 25.9. The minimum Gasteiger partial charge on any atom is -0.504 e. The number of carbonyl (C=O) groups excluding carboxylic acids is 2. The summed E-state index contributed by atoms with van der Waals surface area (Å²) in [7, 11) is 0. The molecule has 0 radical (unpaired) electrons. The largest absolute Gasteiger partial charge is 0.504 e. The van der Waals surface area contributed by atoms with E-state index in [4.69, 9.17) is 11.6 Å². The fraction of sp³-hybridized carbons (Fsp3) is 0.138. The van der Waals surface area contributed by atoms with Crippen LogP contribution in [0.5, 0.6) is 23.0 Å². The average Bonchev–Trinajstić information content (AvgIpc) is 2.92. The lowest BCUT2D eigenvalue weighted by atomic mass is 9.83. The smallest absolute Gasteiger partial charge is 0.256 e. The van der Waals surface area contributed by atoms with Gasteiger partial charge in [0.1, 0.15) is 6.04 Å². The number of hydrogen-bond acceptors (Lipinski definition) is 7. The number of rotatable bonds is 5. The Morgan fingerprint density at radius 3 is 2.38 bits per heavy atom. The second-order valence-electron chi connectivity index (χ2n) is 9.23. The molecular formula is C29H24ClN3O6. The molecule has 2 heterocycles. The van der Waals surface area contributed by atoms with Crippen LogP contribution in [0.15, 0.2) is 79.1 Å². The van der Waals surface area contributed by atoms with Gasteiger partial charge in [-0.2, -0.15) is 0 Å². The number of aromatic hydroxyl groups is 4. The Labute approximate surface area is 228 Å². The molecule has 0 bridgehead atoms. The highest BCUT2D eigenvalue weighted by Crippen LogP contribution is 2.42. The van der Waals surface area contributed by atoms with E-state index >= 15 is 0 Å². The SMILES string of the molecule is O=C(Nc1cccnc1)[C@@H]1Cc2cc(O)c(O)cc2[C@H](Cc2ccc(O)c(O)c2)N1C(=O)c1ccccc1Cl. The Morgan fingerprint density at radius 1 is 0.923 bits per heavy atom. The first-order chi connectivity index (χ1) is 18.7. The molecule has 9 nitrogen and oxygen atoms in total. The molecule has 198 valence electrons. The van der Waals surface area contributed by atoms with E-state index in [2.05, 4.69) is 10.3 Å². The Morgan fingerprint density at radius 2 is 1.67 bits per heavy atom. The van der Waals surface area contributed by atoms with Crippen molar-refractivity contribution in [3.8, 4) is 23.0 Å². The zero-order chi connectivity index (χ0) is 27.7. The minimum absolute atomic E-state index is 0.0444. The molecule has 4 aromatic rings. The van der Waals surface area contributed by atoms with Crippen LogP contribution in [0.3, 0.4) is 0 Å². The maximum absolute atomic E-state index is 14.1.